The Kier molecular flexibility index (Phi) is 4.88. The number of nitrogens with one attached hydrogen (secondary N) is 2. The van der Waals surface area contributed by atoms with E-state index in [0.29, 0.717) is 18.1 Å². The van der Waals surface area contributed by atoms with Gasteiger partial charge in [0.2, 0.25) is 0 Å². The van der Waals surface area contributed by atoms with Gasteiger partial charge in [-0.05, 0) is 31.1 Å². The predicted molar refractivity (Wildman–Crippen MR) is 92.5 cm³/mol. The number of ether oxygens (including phenoxy) is 1. The van der Waals surface area contributed by atoms with Crippen LogP contribution in [0.4, 0.5) is 0 Å². The Bertz CT molecular complexity index is 444. The zero-order valence-corrected chi connectivity index (χ0v) is 14.9. The highest BCUT2D eigenvalue weighted by atomic mass is 16.5. The van der Waals surface area contributed by atoms with Crippen molar-refractivity contribution in [3.63, 3.8) is 0 Å². The maximum absolute atomic E-state index is 9.39. The minimum atomic E-state index is 0.162. The standard InChI is InChI=1S/C18H33N3O2/c1-17(2)14(13-6-11-23-15(13)17)21-16(19-3)20-12-18(9-10-22)7-4-5-8-18/h13-15,22H,4-12H2,1-3H3,(H2,19,20,21). The van der Waals surface area contributed by atoms with Crippen LogP contribution < -0.4 is 10.6 Å². The van der Waals surface area contributed by atoms with E-state index in [1.807, 2.05) is 7.05 Å². The summed E-state index contributed by atoms with van der Waals surface area (Å²) in [5.74, 6) is 1.51. The lowest BCUT2D eigenvalue weighted by Crippen LogP contribution is -2.68. The van der Waals surface area contributed by atoms with Crippen LogP contribution in [-0.2, 0) is 4.74 Å². The van der Waals surface area contributed by atoms with Crippen LogP contribution in [-0.4, -0.2) is 50.0 Å². The van der Waals surface area contributed by atoms with Crippen LogP contribution in [0.3, 0.4) is 0 Å². The summed E-state index contributed by atoms with van der Waals surface area (Å²) in [4.78, 5) is 4.43. The van der Waals surface area contributed by atoms with Gasteiger partial charge in [0.25, 0.3) is 0 Å². The second-order valence-electron chi connectivity index (χ2n) is 8.29. The molecule has 3 aliphatic rings. The maximum atomic E-state index is 9.39. The van der Waals surface area contributed by atoms with Crippen molar-refractivity contribution < 1.29 is 9.84 Å². The van der Waals surface area contributed by atoms with Gasteiger partial charge in [0.1, 0.15) is 0 Å². The molecule has 0 bridgehead atoms. The molecule has 0 aromatic carbocycles. The van der Waals surface area contributed by atoms with Crippen LogP contribution in [0.2, 0.25) is 0 Å². The first kappa shape index (κ1) is 17.0. The summed E-state index contributed by atoms with van der Waals surface area (Å²) < 4.78 is 5.87. The molecule has 0 aromatic heterocycles. The number of hydrogen-bond donors (Lipinski definition) is 3. The lowest BCUT2D eigenvalue weighted by molar-refractivity contribution is -0.106. The smallest absolute Gasteiger partial charge is 0.191 e. The van der Waals surface area contributed by atoms with E-state index in [1.54, 1.807) is 0 Å². The molecular formula is C18H33N3O2. The predicted octanol–water partition coefficient (Wildman–Crippen LogP) is 1.91. The summed E-state index contributed by atoms with van der Waals surface area (Å²) in [5.41, 5.74) is 0.412. The second kappa shape index (κ2) is 6.60. The number of rotatable bonds is 5. The summed E-state index contributed by atoms with van der Waals surface area (Å²) in [7, 11) is 1.84. The number of aliphatic hydroxyl groups excluding tert-OH is 1. The fraction of sp³-hybridized carbons (Fsp3) is 0.944. The van der Waals surface area contributed by atoms with Gasteiger partial charge < -0.3 is 20.5 Å². The molecule has 0 radical (unpaired) electrons. The quantitative estimate of drug-likeness (QED) is 0.534. The van der Waals surface area contributed by atoms with Gasteiger partial charge in [0, 0.05) is 44.2 Å². The minimum Gasteiger partial charge on any atom is -0.396 e. The molecule has 2 aliphatic carbocycles. The van der Waals surface area contributed by atoms with Crippen LogP contribution in [0.1, 0.15) is 52.4 Å². The van der Waals surface area contributed by atoms with Crippen LogP contribution >= 0.6 is 0 Å². The summed E-state index contributed by atoms with van der Waals surface area (Å²) in [5, 5.41) is 16.6. The molecule has 5 nitrogen and oxygen atoms in total. The Hall–Kier alpha value is -0.810. The van der Waals surface area contributed by atoms with Gasteiger partial charge in [-0.25, -0.2) is 0 Å². The zero-order valence-electron chi connectivity index (χ0n) is 14.9. The molecule has 0 amide bonds. The third kappa shape index (κ3) is 3.10. The molecule has 3 unspecified atom stereocenters. The van der Waals surface area contributed by atoms with Crippen molar-refractivity contribution >= 4 is 5.96 Å². The van der Waals surface area contributed by atoms with E-state index >= 15 is 0 Å². The monoisotopic (exact) mass is 323 g/mol. The van der Waals surface area contributed by atoms with Gasteiger partial charge in [-0.2, -0.15) is 0 Å². The highest BCUT2D eigenvalue weighted by molar-refractivity contribution is 5.80. The molecule has 3 rings (SSSR count). The SMILES string of the molecule is CN=C(NCC1(CCO)CCCC1)NC1C2CCOC2C1(C)C. The average Bonchev–Trinajstić information content (AvgIpc) is 3.16. The Morgan fingerprint density at radius 1 is 1.30 bits per heavy atom. The molecule has 0 aromatic rings. The van der Waals surface area contributed by atoms with Crippen molar-refractivity contribution in [1.82, 2.24) is 10.6 Å². The molecular weight excluding hydrogens is 290 g/mol. The summed E-state index contributed by atoms with van der Waals surface area (Å²) in [6.45, 7) is 6.65. The number of aliphatic imine (C=N–C) groups is 1. The molecule has 3 atom stereocenters. The zero-order chi connectivity index (χ0) is 16.5. The van der Waals surface area contributed by atoms with Crippen LogP contribution in [0.25, 0.3) is 0 Å². The van der Waals surface area contributed by atoms with Crippen molar-refractivity contribution in [2.45, 2.75) is 64.5 Å². The van der Waals surface area contributed by atoms with Gasteiger partial charge in [-0.15, -0.1) is 0 Å². The van der Waals surface area contributed by atoms with Crippen molar-refractivity contribution in [2.75, 3.05) is 26.8 Å². The summed E-state index contributed by atoms with van der Waals surface area (Å²) >= 11 is 0. The molecule has 0 spiro atoms. The lowest BCUT2D eigenvalue weighted by Gasteiger charge is -2.55. The Labute approximate surface area is 140 Å². The third-order valence-electron chi connectivity index (χ3n) is 6.55. The topological polar surface area (TPSA) is 65.9 Å². The summed E-state index contributed by atoms with van der Waals surface area (Å²) in [6, 6.07) is 0.429. The Balaban J connectivity index is 1.56. The fourth-order valence-electron chi connectivity index (χ4n) is 5.11. The van der Waals surface area contributed by atoms with E-state index in [4.69, 9.17) is 4.74 Å². The molecule has 1 saturated heterocycles. The second-order valence-corrected chi connectivity index (χ2v) is 8.29. The van der Waals surface area contributed by atoms with E-state index in [2.05, 4.69) is 29.5 Å². The van der Waals surface area contributed by atoms with E-state index < -0.39 is 0 Å². The van der Waals surface area contributed by atoms with Gasteiger partial charge >= 0.3 is 0 Å². The maximum Gasteiger partial charge on any atom is 0.191 e. The minimum absolute atomic E-state index is 0.162. The fourth-order valence-corrected chi connectivity index (χ4v) is 5.11. The van der Waals surface area contributed by atoms with E-state index in [1.165, 1.54) is 25.7 Å². The van der Waals surface area contributed by atoms with Crippen LogP contribution in [0, 0.1) is 16.7 Å². The van der Waals surface area contributed by atoms with Gasteiger partial charge in [0.05, 0.1) is 6.10 Å². The molecule has 132 valence electrons. The van der Waals surface area contributed by atoms with E-state index in [0.717, 1.165) is 32.0 Å². The first-order valence-corrected chi connectivity index (χ1v) is 9.22. The van der Waals surface area contributed by atoms with E-state index in [-0.39, 0.29) is 17.4 Å². The Morgan fingerprint density at radius 3 is 2.70 bits per heavy atom. The number of guanidine groups is 1. The molecule has 1 aliphatic heterocycles. The van der Waals surface area contributed by atoms with E-state index in [9.17, 15) is 5.11 Å². The molecule has 3 N–H and O–H groups in total. The van der Waals surface area contributed by atoms with Crippen LogP contribution in [0.5, 0.6) is 0 Å². The normalized spacial score (nSPS) is 34.8. The summed E-state index contributed by atoms with van der Waals surface area (Å²) in [6.07, 6.45) is 7.43. The first-order chi connectivity index (χ1) is 11.0. The van der Waals surface area contributed by atoms with Crippen molar-refractivity contribution in [3.8, 4) is 0 Å². The van der Waals surface area contributed by atoms with Crippen LogP contribution in [0.15, 0.2) is 4.99 Å². The van der Waals surface area contributed by atoms with Gasteiger partial charge in [-0.1, -0.05) is 26.7 Å². The molecule has 23 heavy (non-hydrogen) atoms. The number of hydrogen-bond acceptors (Lipinski definition) is 3. The lowest BCUT2D eigenvalue weighted by atomic mass is 9.57. The molecule has 3 fully saturated rings. The first-order valence-electron chi connectivity index (χ1n) is 9.22. The molecule has 2 saturated carbocycles. The number of nitrogens with zero attached hydrogens (tertiary/aromatic N) is 1. The average molecular weight is 323 g/mol. The molecule has 5 heteroatoms. The van der Waals surface area contributed by atoms with Gasteiger partial charge in [-0.3, -0.25) is 4.99 Å². The van der Waals surface area contributed by atoms with Crippen molar-refractivity contribution in [3.05, 3.63) is 0 Å². The highest BCUT2D eigenvalue weighted by Gasteiger charge is 2.59. The van der Waals surface area contributed by atoms with Gasteiger partial charge in [0.15, 0.2) is 5.96 Å². The van der Waals surface area contributed by atoms with Crippen molar-refractivity contribution in [1.29, 1.82) is 0 Å². The number of aliphatic hydroxyl groups is 1. The van der Waals surface area contributed by atoms with Crippen molar-refractivity contribution in [2.24, 2.45) is 21.7 Å². The Morgan fingerprint density at radius 2 is 2.04 bits per heavy atom. The molecule has 1 heterocycles. The highest BCUT2D eigenvalue weighted by Crippen LogP contribution is 2.52. The number of fused-ring (bicyclic) bond motifs is 1. The third-order valence-corrected chi connectivity index (χ3v) is 6.55. The largest absolute Gasteiger partial charge is 0.396 e.